The molecule has 12 atom stereocenters. The number of nitrogens with zero attached hydrogens (tertiary/aromatic N) is 2. The fourth-order valence-corrected chi connectivity index (χ4v) is 19.5. The molecule has 8 rings (SSSR count). The van der Waals surface area contributed by atoms with Crippen molar-refractivity contribution in [1.29, 1.82) is 0 Å². The molecule has 1 amide bonds. The molecular weight excluding hydrogens is 977 g/mol. The highest BCUT2D eigenvalue weighted by atomic mass is 28.4. The van der Waals surface area contributed by atoms with Gasteiger partial charge in [0.25, 0.3) is 0 Å². The van der Waals surface area contributed by atoms with Gasteiger partial charge in [-0.25, -0.2) is 23.2 Å². The van der Waals surface area contributed by atoms with Crippen LogP contribution in [0.25, 0.3) is 0 Å². The first kappa shape index (κ1) is 55.8. The number of fused-ring (bicyclic) bond motifs is 8. The van der Waals surface area contributed by atoms with E-state index in [1.165, 1.54) is 25.3 Å². The van der Waals surface area contributed by atoms with Gasteiger partial charge in [0.15, 0.2) is 18.0 Å². The first-order valence-corrected chi connectivity index (χ1v) is 28.5. The third kappa shape index (κ3) is 9.62. The van der Waals surface area contributed by atoms with Crippen LogP contribution in [0.5, 0.6) is 0 Å². The second kappa shape index (κ2) is 20.9. The molecule has 2 aromatic rings. The molecule has 74 heavy (non-hydrogen) atoms. The Kier molecular flexibility index (Phi) is 15.8. The van der Waals surface area contributed by atoms with E-state index in [1.54, 1.807) is 51.1 Å². The molecule has 5 fully saturated rings. The molecule has 2 N–H and O–H groups in total. The van der Waals surface area contributed by atoms with Crippen LogP contribution < -0.4 is 5.32 Å². The number of carbonyl (C=O) groups excluding carboxylic acids is 4. The monoisotopic (exact) mass is 1050 g/mol. The first-order valence-electron chi connectivity index (χ1n) is 26.4. The van der Waals surface area contributed by atoms with Gasteiger partial charge in [-0.15, -0.1) is 0 Å². The normalized spacial score (nSPS) is 32.5. The third-order valence-corrected chi connectivity index (χ3v) is 23.5. The van der Waals surface area contributed by atoms with Crippen molar-refractivity contribution in [2.45, 2.75) is 198 Å². The van der Waals surface area contributed by atoms with Crippen LogP contribution in [0.2, 0.25) is 16.6 Å². The molecule has 0 radical (unpaired) electrons. The highest BCUT2D eigenvalue weighted by Gasteiger charge is 2.77. The van der Waals surface area contributed by atoms with Crippen LogP contribution in [-0.4, -0.2) is 140 Å². The number of nitrogens with one attached hydrogen (secondary N) is 1. The van der Waals surface area contributed by atoms with Crippen molar-refractivity contribution in [3.05, 3.63) is 76.9 Å². The molecule has 2 bridgehead atoms. The van der Waals surface area contributed by atoms with E-state index in [2.05, 4.69) is 10.3 Å². The van der Waals surface area contributed by atoms with Gasteiger partial charge in [-0.3, -0.25) is 14.7 Å². The van der Waals surface area contributed by atoms with Gasteiger partial charge >= 0.3 is 24.0 Å². The van der Waals surface area contributed by atoms with Gasteiger partial charge in [0, 0.05) is 50.0 Å². The molecule has 19 heteroatoms. The Bertz CT molecular complexity index is 2430. The predicted molar refractivity (Wildman–Crippen MR) is 269 cm³/mol. The van der Waals surface area contributed by atoms with Crippen LogP contribution in [0.4, 0.5) is 13.6 Å². The summed E-state index contributed by atoms with van der Waals surface area (Å²) in [5, 5.41) is 17.0. The number of hydrogen-bond acceptors (Lipinski definition) is 15. The van der Waals surface area contributed by atoms with Crippen molar-refractivity contribution in [3.8, 4) is 0 Å². The SMILES string of the molecule is CC(=O)O[C@@]12CO[C@@H]1CC[C@@]1(C)[C@@H]3O[C@H](CN4CC(F)C4)O[C@@H]3C3=C(C)[C@@H](OC(=O)[C@H](O[Si](C(C)C)(C(C)C)C(C)C)[C@@H](NC(=O)OC(C)C)c4ncccc4F)C[C@@](O)([C@@H](OC(=O)c4ccccc4)[C@@H]12)C3(C)C. The summed E-state index contributed by atoms with van der Waals surface area (Å²) in [6.45, 7) is 24.7. The molecule has 16 nitrogen and oxygen atoms in total. The van der Waals surface area contributed by atoms with Crippen LogP contribution in [0.1, 0.15) is 131 Å². The molecule has 2 saturated carbocycles. The maximum Gasteiger partial charge on any atom is 0.408 e. The molecule has 4 heterocycles. The minimum absolute atomic E-state index is 0.0786. The summed E-state index contributed by atoms with van der Waals surface area (Å²) in [4.78, 5) is 63.9. The van der Waals surface area contributed by atoms with Gasteiger partial charge in [0.05, 0.1) is 30.3 Å². The standard InChI is InChI=1S/C55H77F2N3O13Si/c1-29(2)67-51(64)59-43(42-37(57)20-17-23-58-42)45(73-74(30(3)4,31(5)6)32(7)8)50(63)68-38-24-55(65)48(71-49(62)35-18-15-14-16-19-35)46-53(13,22-21-39-54(46,28-66-39)72-34(10)61)47-44(41(33(38)9)52(55,11)12)69-40(70-47)27-60-25-36(56)26-60/h14-20,23,29-32,36,38-40,43-48,65H,21-22,24-28H2,1-13H3,(H,59,64)/t38-,39+,40+,43-,44+,45+,46-,47+,48-,53+,54-,55+/m0/s1. The quantitative estimate of drug-likeness (QED) is 0.0704. The number of pyridine rings is 1. The number of esters is 3. The number of aromatic nitrogens is 1. The number of alkyl carbamates (subject to hydrolysis) is 1. The van der Waals surface area contributed by atoms with Gasteiger partial charge in [0.2, 0.25) is 8.32 Å². The van der Waals surface area contributed by atoms with E-state index < -0.39 is 127 Å². The van der Waals surface area contributed by atoms with Crippen LogP contribution in [0.15, 0.2) is 59.8 Å². The largest absolute Gasteiger partial charge is 0.456 e. The van der Waals surface area contributed by atoms with Crippen LogP contribution >= 0.6 is 0 Å². The van der Waals surface area contributed by atoms with E-state index >= 15 is 9.18 Å². The fourth-order valence-electron chi connectivity index (χ4n) is 14.0. The Hall–Kier alpha value is -4.37. The second-order valence-electron chi connectivity index (χ2n) is 23.5. The Morgan fingerprint density at radius 1 is 0.946 bits per heavy atom. The zero-order chi connectivity index (χ0) is 54.0. The molecule has 3 aliphatic heterocycles. The Morgan fingerprint density at radius 3 is 2.18 bits per heavy atom. The van der Waals surface area contributed by atoms with Crippen molar-refractivity contribution in [1.82, 2.24) is 15.2 Å². The molecule has 6 aliphatic rings. The summed E-state index contributed by atoms with van der Waals surface area (Å²) >= 11 is 0. The van der Waals surface area contributed by atoms with Gasteiger partial charge in [-0.05, 0) is 85.6 Å². The molecule has 1 aromatic carbocycles. The lowest BCUT2D eigenvalue weighted by molar-refractivity contribution is -0.345. The minimum Gasteiger partial charge on any atom is -0.456 e. The van der Waals surface area contributed by atoms with Crippen molar-refractivity contribution in [3.63, 3.8) is 0 Å². The van der Waals surface area contributed by atoms with Crippen LogP contribution in [0.3, 0.4) is 0 Å². The number of alkyl halides is 1. The smallest absolute Gasteiger partial charge is 0.408 e. The maximum atomic E-state index is 16.3. The summed E-state index contributed by atoms with van der Waals surface area (Å²) in [6.07, 6.45) is -8.59. The zero-order valence-electron chi connectivity index (χ0n) is 45.1. The molecule has 3 aliphatic carbocycles. The topological polar surface area (TPSA) is 191 Å². The van der Waals surface area contributed by atoms with Gasteiger partial charge in [-0.1, -0.05) is 80.5 Å². The van der Waals surface area contributed by atoms with Gasteiger partial charge < -0.3 is 48.0 Å². The zero-order valence-corrected chi connectivity index (χ0v) is 46.1. The van der Waals surface area contributed by atoms with Crippen molar-refractivity contribution in [2.24, 2.45) is 16.7 Å². The Balaban J connectivity index is 1.33. The number of amides is 1. The predicted octanol–water partition coefficient (Wildman–Crippen LogP) is 8.47. The van der Waals surface area contributed by atoms with E-state index in [0.29, 0.717) is 24.0 Å². The lowest BCUT2D eigenvalue weighted by Gasteiger charge is -2.68. The Morgan fingerprint density at radius 2 is 1.61 bits per heavy atom. The average Bonchev–Trinajstić information content (AvgIpc) is 3.71. The molecule has 0 unspecified atom stereocenters. The van der Waals surface area contributed by atoms with E-state index in [1.807, 2.05) is 67.2 Å². The van der Waals surface area contributed by atoms with E-state index in [0.717, 1.165) is 0 Å². The number of benzene rings is 1. The lowest BCUT2D eigenvalue weighted by Crippen LogP contribution is -2.79. The summed E-state index contributed by atoms with van der Waals surface area (Å²) in [6, 6.07) is 9.35. The van der Waals surface area contributed by atoms with Crippen molar-refractivity contribution in [2.75, 3.05) is 26.2 Å². The van der Waals surface area contributed by atoms with Crippen LogP contribution in [0, 0.1) is 22.6 Å². The summed E-state index contributed by atoms with van der Waals surface area (Å²) < 4.78 is 83.7. The van der Waals surface area contributed by atoms with Gasteiger partial charge in [0.1, 0.15) is 53.7 Å². The molecular formula is C55H77F2N3O13Si. The average molecular weight is 1050 g/mol. The molecule has 0 spiro atoms. The van der Waals surface area contributed by atoms with E-state index in [4.69, 9.17) is 37.6 Å². The number of rotatable bonds is 16. The number of halogens is 2. The number of carbonyl (C=O) groups is 4. The van der Waals surface area contributed by atoms with Gasteiger partial charge in [-0.2, -0.15) is 0 Å². The molecule has 3 saturated heterocycles. The number of ether oxygens (including phenoxy) is 7. The molecule has 1 aromatic heterocycles. The summed E-state index contributed by atoms with van der Waals surface area (Å²) in [7, 11) is -3.15. The molecule has 408 valence electrons. The summed E-state index contributed by atoms with van der Waals surface area (Å²) in [5.41, 5.74) is -5.42. The minimum atomic E-state index is -3.15. The summed E-state index contributed by atoms with van der Waals surface area (Å²) in [5.74, 6) is -4.19. The lowest BCUT2D eigenvalue weighted by atomic mass is 9.45. The second-order valence-corrected chi connectivity index (χ2v) is 28.9. The fraction of sp³-hybridized carbons (Fsp3) is 0.691. The van der Waals surface area contributed by atoms with E-state index in [-0.39, 0.29) is 60.5 Å². The Labute approximate surface area is 435 Å². The number of likely N-dealkylation sites (tertiary alicyclic amines) is 1. The maximum absolute atomic E-state index is 16.3. The van der Waals surface area contributed by atoms with Crippen molar-refractivity contribution < 1.29 is 70.6 Å². The highest BCUT2D eigenvalue weighted by molar-refractivity contribution is 6.77. The first-order chi connectivity index (χ1) is 34.7. The highest BCUT2D eigenvalue weighted by Crippen LogP contribution is 2.67. The number of hydrogen-bond donors (Lipinski definition) is 2. The third-order valence-electron chi connectivity index (χ3n) is 17.4. The number of aliphatic hydroxyl groups is 1. The van der Waals surface area contributed by atoms with E-state index in [9.17, 15) is 23.9 Å². The van der Waals surface area contributed by atoms with Crippen LogP contribution in [-0.2, 0) is 47.2 Å². The van der Waals surface area contributed by atoms with Crippen molar-refractivity contribution >= 4 is 32.3 Å².